The Hall–Kier alpha value is -0.520. The van der Waals surface area contributed by atoms with Gasteiger partial charge in [-0.25, -0.2) is 0 Å². The van der Waals surface area contributed by atoms with Crippen molar-refractivity contribution in [2.45, 2.75) is 26.7 Å². The molecule has 0 aromatic rings. The monoisotopic (exact) mass is 122 g/mol. The summed E-state index contributed by atoms with van der Waals surface area (Å²) in [6, 6.07) is 0. The van der Waals surface area contributed by atoms with Gasteiger partial charge in [0.2, 0.25) is 0 Å². The van der Waals surface area contributed by atoms with Gasteiger partial charge < -0.3 is 0 Å². The Morgan fingerprint density at radius 1 is 1.67 bits per heavy atom. The molecule has 0 spiro atoms. The second kappa shape index (κ2) is 2.86. The summed E-state index contributed by atoms with van der Waals surface area (Å²) in [7, 11) is 0. The van der Waals surface area contributed by atoms with Crippen LogP contribution in [0.4, 0.5) is 0 Å². The molecule has 0 heterocycles. The summed E-state index contributed by atoms with van der Waals surface area (Å²) in [5.74, 6) is 0.698. The third-order valence-electron chi connectivity index (χ3n) is 1.98. The molecular weight excluding hydrogens is 108 g/mol. The molecule has 0 heteroatoms. The standard InChI is InChI=1S/C9H14/c1-3-9-7-5-4-6-8(9)2/h3-4,6,8H,5,7H2,1-2H3. The fraction of sp³-hybridized carbons (Fsp3) is 0.556. The maximum atomic E-state index is 2.29. The molecule has 0 N–H and O–H groups in total. The van der Waals surface area contributed by atoms with Crippen molar-refractivity contribution in [3.05, 3.63) is 23.8 Å². The van der Waals surface area contributed by atoms with Gasteiger partial charge in [0.05, 0.1) is 0 Å². The van der Waals surface area contributed by atoms with Gasteiger partial charge in [0.1, 0.15) is 0 Å². The zero-order chi connectivity index (χ0) is 6.69. The zero-order valence-corrected chi connectivity index (χ0v) is 6.22. The highest BCUT2D eigenvalue weighted by molar-refractivity contribution is 5.15. The van der Waals surface area contributed by atoms with Crippen molar-refractivity contribution >= 4 is 0 Å². The van der Waals surface area contributed by atoms with E-state index < -0.39 is 0 Å². The van der Waals surface area contributed by atoms with E-state index in [1.807, 2.05) is 0 Å². The second-order valence-corrected chi connectivity index (χ2v) is 2.62. The molecular formula is C9H14. The number of allylic oxidation sites excluding steroid dienone is 4. The van der Waals surface area contributed by atoms with Crippen LogP contribution in [0, 0.1) is 5.92 Å². The van der Waals surface area contributed by atoms with E-state index in [2.05, 4.69) is 32.1 Å². The highest BCUT2D eigenvalue weighted by atomic mass is 14.1. The summed E-state index contributed by atoms with van der Waals surface area (Å²) in [5, 5.41) is 0. The Morgan fingerprint density at radius 2 is 2.44 bits per heavy atom. The molecule has 1 aliphatic rings. The summed E-state index contributed by atoms with van der Waals surface area (Å²) in [6.07, 6.45) is 9.32. The van der Waals surface area contributed by atoms with Gasteiger partial charge in [0.25, 0.3) is 0 Å². The molecule has 0 amide bonds. The Kier molecular flexibility index (Phi) is 2.10. The van der Waals surface area contributed by atoms with E-state index in [1.54, 1.807) is 5.57 Å². The first-order chi connectivity index (χ1) is 4.34. The van der Waals surface area contributed by atoms with E-state index in [4.69, 9.17) is 0 Å². The Bertz CT molecular complexity index is 140. The lowest BCUT2D eigenvalue weighted by Gasteiger charge is -2.14. The van der Waals surface area contributed by atoms with Gasteiger partial charge in [0.15, 0.2) is 0 Å². The molecule has 0 aromatic carbocycles. The second-order valence-electron chi connectivity index (χ2n) is 2.62. The van der Waals surface area contributed by atoms with Crippen LogP contribution < -0.4 is 0 Å². The highest BCUT2D eigenvalue weighted by Crippen LogP contribution is 2.22. The van der Waals surface area contributed by atoms with Crippen molar-refractivity contribution in [3.8, 4) is 0 Å². The molecule has 0 fully saturated rings. The molecule has 0 radical (unpaired) electrons. The Balaban J connectivity index is 2.66. The number of rotatable bonds is 0. The topological polar surface area (TPSA) is 0 Å². The molecule has 1 unspecified atom stereocenters. The first-order valence-electron chi connectivity index (χ1n) is 3.66. The molecule has 1 aliphatic carbocycles. The molecule has 0 saturated heterocycles. The van der Waals surface area contributed by atoms with Crippen LogP contribution in [0.5, 0.6) is 0 Å². The zero-order valence-electron chi connectivity index (χ0n) is 6.22. The first kappa shape index (κ1) is 6.60. The lowest BCUT2D eigenvalue weighted by Crippen LogP contribution is -1.99. The van der Waals surface area contributed by atoms with E-state index in [1.165, 1.54) is 12.8 Å². The molecule has 0 aliphatic heterocycles. The summed E-state index contributed by atoms with van der Waals surface area (Å²) in [5.41, 5.74) is 1.59. The minimum atomic E-state index is 0.698. The molecule has 0 nitrogen and oxygen atoms in total. The van der Waals surface area contributed by atoms with Crippen molar-refractivity contribution in [3.63, 3.8) is 0 Å². The molecule has 1 rings (SSSR count). The quantitative estimate of drug-likeness (QED) is 0.433. The van der Waals surface area contributed by atoms with E-state index in [0.717, 1.165) is 0 Å². The van der Waals surface area contributed by atoms with E-state index in [-0.39, 0.29) is 0 Å². The number of hydrogen-bond acceptors (Lipinski definition) is 0. The highest BCUT2D eigenvalue weighted by Gasteiger charge is 2.06. The minimum Gasteiger partial charge on any atom is -0.0879 e. The molecule has 0 aromatic heterocycles. The summed E-state index contributed by atoms with van der Waals surface area (Å²) in [4.78, 5) is 0. The molecule has 0 saturated carbocycles. The summed E-state index contributed by atoms with van der Waals surface area (Å²) in [6.45, 7) is 4.38. The SMILES string of the molecule is CC=C1CCC=CC1C. The van der Waals surface area contributed by atoms with Crippen molar-refractivity contribution in [1.82, 2.24) is 0 Å². The van der Waals surface area contributed by atoms with E-state index >= 15 is 0 Å². The maximum absolute atomic E-state index is 2.29. The normalized spacial score (nSPS) is 31.3. The van der Waals surface area contributed by atoms with Crippen molar-refractivity contribution in [2.75, 3.05) is 0 Å². The molecule has 1 atom stereocenters. The first-order valence-corrected chi connectivity index (χ1v) is 3.66. The van der Waals surface area contributed by atoms with Crippen LogP contribution in [0.1, 0.15) is 26.7 Å². The lowest BCUT2D eigenvalue weighted by molar-refractivity contribution is 0.743. The van der Waals surface area contributed by atoms with Crippen LogP contribution in [0.15, 0.2) is 23.8 Å². The average molecular weight is 122 g/mol. The largest absolute Gasteiger partial charge is 0.0879 e. The maximum Gasteiger partial charge on any atom is -0.00517 e. The van der Waals surface area contributed by atoms with Gasteiger partial charge in [-0.2, -0.15) is 0 Å². The number of hydrogen-bond donors (Lipinski definition) is 0. The van der Waals surface area contributed by atoms with Gasteiger partial charge in [-0.1, -0.05) is 30.7 Å². The third-order valence-corrected chi connectivity index (χ3v) is 1.98. The Morgan fingerprint density at radius 3 is 2.89 bits per heavy atom. The van der Waals surface area contributed by atoms with Crippen LogP contribution >= 0.6 is 0 Å². The fourth-order valence-corrected chi connectivity index (χ4v) is 1.31. The predicted molar refractivity (Wildman–Crippen MR) is 41.3 cm³/mol. The van der Waals surface area contributed by atoms with Gasteiger partial charge >= 0.3 is 0 Å². The van der Waals surface area contributed by atoms with Gasteiger partial charge in [-0.15, -0.1) is 0 Å². The average Bonchev–Trinajstić information content (AvgIpc) is 1.89. The van der Waals surface area contributed by atoms with E-state index in [9.17, 15) is 0 Å². The van der Waals surface area contributed by atoms with Gasteiger partial charge in [-0.05, 0) is 25.7 Å². The molecule has 0 bridgehead atoms. The molecule has 50 valence electrons. The van der Waals surface area contributed by atoms with Crippen molar-refractivity contribution < 1.29 is 0 Å². The predicted octanol–water partition coefficient (Wildman–Crippen LogP) is 2.92. The van der Waals surface area contributed by atoms with Crippen LogP contribution in [0.2, 0.25) is 0 Å². The smallest absolute Gasteiger partial charge is 0.00517 e. The lowest BCUT2D eigenvalue weighted by atomic mass is 9.91. The minimum absolute atomic E-state index is 0.698. The third kappa shape index (κ3) is 1.44. The van der Waals surface area contributed by atoms with Crippen LogP contribution in [0.3, 0.4) is 0 Å². The molecule has 9 heavy (non-hydrogen) atoms. The fourth-order valence-electron chi connectivity index (χ4n) is 1.31. The Labute approximate surface area is 57.3 Å². The van der Waals surface area contributed by atoms with Gasteiger partial charge in [0, 0.05) is 0 Å². The van der Waals surface area contributed by atoms with Gasteiger partial charge in [-0.3, -0.25) is 0 Å². The van der Waals surface area contributed by atoms with Crippen molar-refractivity contribution in [1.29, 1.82) is 0 Å². The van der Waals surface area contributed by atoms with Crippen LogP contribution in [-0.4, -0.2) is 0 Å². The van der Waals surface area contributed by atoms with Crippen LogP contribution in [-0.2, 0) is 0 Å². The summed E-state index contributed by atoms with van der Waals surface area (Å²) < 4.78 is 0. The van der Waals surface area contributed by atoms with Crippen molar-refractivity contribution in [2.24, 2.45) is 5.92 Å². The van der Waals surface area contributed by atoms with Crippen LogP contribution in [0.25, 0.3) is 0 Å². The van der Waals surface area contributed by atoms with E-state index in [0.29, 0.717) is 5.92 Å². The summed E-state index contributed by atoms with van der Waals surface area (Å²) >= 11 is 0.